The van der Waals surface area contributed by atoms with Crippen LogP contribution >= 0.6 is 0 Å². The van der Waals surface area contributed by atoms with Gasteiger partial charge in [-0.3, -0.25) is 0 Å². The van der Waals surface area contributed by atoms with Crippen molar-refractivity contribution >= 4 is 10.0 Å². The van der Waals surface area contributed by atoms with Gasteiger partial charge in [-0.2, -0.15) is 4.31 Å². The zero-order chi connectivity index (χ0) is 16.1. The zero-order valence-electron chi connectivity index (χ0n) is 12.7. The zero-order valence-corrected chi connectivity index (χ0v) is 13.6. The van der Waals surface area contributed by atoms with Gasteiger partial charge in [0.15, 0.2) is 5.03 Å². The Balaban J connectivity index is 1.51. The van der Waals surface area contributed by atoms with Crippen LogP contribution in [-0.4, -0.2) is 62.3 Å². The van der Waals surface area contributed by atoms with Gasteiger partial charge in [-0.15, -0.1) is 10.2 Å². The lowest BCUT2D eigenvalue weighted by Crippen LogP contribution is -2.36. The Labute approximate surface area is 133 Å². The number of ether oxygens (including phenoxy) is 1. The Morgan fingerprint density at radius 1 is 1.30 bits per heavy atom. The predicted octanol–water partition coefficient (Wildman–Crippen LogP) is -0.194. The van der Waals surface area contributed by atoms with Gasteiger partial charge in [0, 0.05) is 32.8 Å². The Hall–Kier alpha value is -1.78. The van der Waals surface area contributed by atoms with Crippen molar-refractivity contribution in [3.05, 3.63) is 25.2 Å². The molecule has 2 aliphatic rings. The molecule has 2 aliphatic heterocycles. The quantitative estimate of drug-likeness (QED) is 0.769. The van der Waals surface area contributed by atoms with E-state index in [1.54, 1.807) is 24.3 Å². The van der Waals surface area contributed by atoms with Crippen LogP contribution in [0.15, 0.2) is 30.2 Å². The highest BCUT2D eigenvalue weighted by molar-refractivity contribution is 7.89. The van der Waals surface area contributed by atoms with Crippen molar-refractivity contribution in [2.45, 2.75) is 29.5 Å². The molecule has 0 aliphatic carbocycles. The largest absolute Gasteiger partial charge is 0.371 e. The summed E-state index contributed by atoms with van der Waals surface area (Å²) in [4.78, 5) is 3.97. The van der Waals surface area contributed by atoms with Crippen LogP contribution in [0.2, 0.25) is 0 Å². The molecule has 0 aromatic carbocycles. The van der Waals surface area contributed by atoms with Gasteiger partial charge in [-0.05, 0) is 6.42 Å². The number of sulfonamides is 1. The molecule has 2 saturated heterocycles. The second-order valence-corrected chi connectivity index (χ2v) is 8.11. The highest BCUT2D eigenvalue weighted by Gasteiger charge is 2.49. The van der Waals surface area contributed by atoms with Crippen LogP contribution in [0.5, 0.6) is 0 Å². The molecule has 2 atom stereocenters. The fourth-order valence-electron chi connectivity index (χ4n) is 3.36. The lowest BCUT2D eigenvalue weighted by atomic mass is 9.97. The van der Waals surface area contributed by atoms with Crippen molar-refractivity contribution in [3.8, 4) is 0 Å². The summed E-state index contributed by atoms with van der Waals surface area (Å²) < 4.78 is 36.4. The molecule has 0 bridgehead atoms. The van der Waals surface area contributed by atoms with E-state index in [9.17, 15) is 8.42 Å². The molecule has 2 aromatic rings. The number of hydrogen-bond acceptors (Lipinski definition) is 6. The van der Waals surface area contributed by atoms with Crippen LogP contribution in [0.25, 0.3) is 0 Å². The molecule has 1 spiro atoms. The Bertz CT molecular complexity index is 802. The lowest BCUT2D eigenvalue weighted by Gasteiger charge is -2.22. The summed E-state index contributed by atoms with van der Waals surface area (Å²) in [5.74, 6) is 0. The van der Waals surface area contributed by atoms with Crippen LogP contribution in [-0.2, 0) is 21.8 Å². The first-order chi connectivity index (χ1) is 11.0. The maximum absolute atomic E-state index is 12.7. The summed E-state index contributed by atoms with van der Waals surface area (Å²) in [6.07, 6.45) is 7.81. The highest BCUT2D eigenvalue weighted by atomic mass is 32.2. The minimum atomic E-state index is -3.56. The van der Waals surface area contributed by atoms with Gasteiger partial charge in [0.2, 0.25) is 0 Å². The van der Waals surface area contributed by atoms with E-state index in [0.717, 1.165) is 6.42 Å². The maximum Gasteiger partial charge on any atom is 0.262 e. The van der Waals surface area contributed by atoms with Crippen molar-refractivity contribution in [2.24, 2.45) is 7.05 Å². The Morgan fingerprint density at radius 3 is 2.78 bits per heavy atom. The van der Waals surface area contributed by atoms with Crippen molar-refractivity contribution in [1.82, 2.24) is 28.6 Å². The summed E-state index contributed by atoms with van der Waals surface area (Å²) in [6, 6.07) is 0.155. The van der Waals surface area contributed by atoms with E-state index in [-0.39, 0.29) is 11.1 Å². The highest BCUT2D eigenvalue weighted by Crippen LogP contribution is 2.41. The third-order valence-corrected chi connectivity index (χ3v) is 6.35. The average molecular weight is 338 g/mol. The van der Waals surface area contributed by atoms with Gasteiger partial charge >= 0.3 is 0 Å². The molecule has 0 radical (unpaired) electrons. The molecular weight excluding hydrogens is 320 g/mol. The molecular formula is C13H18N6O3S. The summed E-state index contributed by atoms with van der Waals surface area (Å²) in [7, 11) is -1.81. The normalized spacial score (nSPS) is 28.8. The van der Waals surface area contributed by atoms with Crippen LogP contribution in [0, 0.1) is 0 Å². The van der Waals surface area contributed by atoms with Gasteiger partial charge < -0.3 is 13.9 Å². The SMILES string of the molecule is Cn1cnc(S(=O)(=O)N2CCC3(CC(n4cnnc4)CO3)C2)c1. The number of rotatable bonds is 3. The average Bonchev–Trinajstić information content (AvgIpc) is 3.27. The van der Waals surface area contributed by atoms with Gasteiger partial charge in [0.05, 0.1) is 24.6 Å². The maximum atomic E-state index is 12.7. The third-order valence-electron chi connectivity index (χ3n) is 4.61. The summed E-state index contributed by atoms with van der Waals surface area (Å²) in [5.41, 5.74) is -0.420. The molecule has 4 heterocycles. The van der Waals surface area contributed by atoms with E-state index in [1.807, 2.05) is 4.57 Å². The van der Waals surface area contributed by atoms with E-state index >= 15 is 0 Å². The van der Waals surface area contributed by atoms with Crippen LogP contribution in [0.3, 0.4) is 0 Å². The molecule has 4 rings (SSSR count). The van der Waals surface area contributed by atoms with Gasteiger partial charge in [0.25, 0.3) is 10.0 Å². The standard InChI is InChI=1S/C13H18N6O3S/c1-17-5-12(14-8-17)23(20,21)19-3-2-13(7-19)4-11(6-22-13)18-9-15-16-10-18/h5,8-11H,2-4,6-7H2,1H3. The first kappa shape index (κ1) is 14.8. The van der Waals surface area contributed by atoms with E-state index in [1.165, 1.54) is 16.8 Å². The molecule has 23 heavy (non-hydrogen) atoms. The molecule has 0 saturated carbocycles. The predicted molar refractivity (Wildman–Crippen MR) is 78.9 cm³/mol. The van der Waals surface area contributed by atoms with Crippen molar-refractivity contribution in [2.75, 3.05) is 19.7 Å². The monoisotopic (exact) mass is 338 g/mol. The topological polar surface area (TPSA) is 95.1 Å². The Morgan fingerprint density at radius 2 is 2.09 bits per heavy atom. The van der Waals surface area contributed by atoms with Crippen molar-refractivity contribution in [1.29, 1.82) is 0 Å². The molecule has 124 valence electrons. The smallest absolute Gasteiger partial charge is 0.262 e. The van der Waals surface area contributed by atoms with Crippen molar-refractivity contribution < 1.29 is 13.2 Å². The van der Waals surface area contributed by atoms with Crippen molar-refractivity contribution in [3.63, 3.8) is 0 Å². The second kappa shape index (κ2) is 5.11. The van der Waals surface area contributed by atoms with Crippen LogP contribution in [0.1, 0.15) is 18.9 Å². The fraction of sp³-hybridized carbons (Fsp3) is 0.615. The number of nitrogens with zero attached hydrogens (tertiary/aromatic N) is 6. The molecule has 2 aromatic heterocycles. The van der Waals surface area contributed by atoms with E-state index in [0.29, 0.717) is 26.1 Å². The van der Waals surface area contributed by atoms with E-state index < -0.39 is 15.6 Å². The summed E-state index contributed by atoms with van der Waals surface area (Å²) in [6.45, 7) is 1.37. The van der Waals surface area contributed by atoms with Gasteiger partial charge in [-0.25, -0.2) is 13.4 Å². The minimum absolute atomic E-state index is 0.0883. The molecule has 0 N–H and O–H groups in total. The minimum Gasteiger partial charge on any atom is -0.371 e. The molecule has 2 unspecified atom stereocenters. The summed E-state index contributed by atoms with van der Waals surface area (Å²) in [5, 5.41) is 7.73. The lowest BCUT2D eigenvalue weighted by molar-refractivity contribution is 0.0165. The van der Waals surface area contributed by atoms with Crippen LogP contribution < -0.4 is 0 Å². The number of imidazole rings is 1. The first-order valence-electron chi connectivity index (χ1n) is 7.45. The molecule has 10 heteroatoms. The third kappa shape index (κ3) is 2.46. The molecule has 0 amide bonds. The Kier molecular flexibility index (Phi) is 3.29. The number of aromatic nitrogens is 5. The first-order valence-corrected chi connectivity index (χ1v) is 8.89. The molecule has 9 nitrogen and oxygen atoms in total. The fourth-order valence-corrected chi connectivity index (χ4v) is 4.84. The molecule has 2 fully saturated rings. The summed E-state index contributed by atoms with van der Waals surface area (Å²) >= 11 is 0. The van der Waals surface area contributed by atoms with Gasteiger partial charge in [0.1, 0.15) is 12.7 Å². The van der Waals surface area contributed by atoms with E-state index in [4.69, 9.17) is 4.74 Å². The second-order valence-electron chi connectivity index (χ2n) is 6.23. The van der Waals surface area contributed by atoms with Crippen LogP contribution in [0.4, 0.5) is 0 Å². The van der Waals surface area contributed by atoms with Gasteiger partial charge in [-0.1, -0.05) is 0 Å². The van der Waals surface area contributed by atoms with E-state index in [2.05, 4.69) is 15.2 Å². The number of hydrogen-bond donors (Lipinski definition) is 0. The number of aryl methyl sites for hydroxylation is 1.